The van der Waals surface area contributed by atoms with Crippen molar-refractivity contribution in [2.24, 2.45) is 14.1 Å². The average molecular weight is 377 g/mol. The molecule has 3 aromatic carbocycles. The van der Waals surface area contributed by atoms with Gasteiger partial charge in [0, 0.05) is 11.6 Å². The van der Waals surface area contributed by atoms with Gasteiger partial charge in [0.1, 0.15) is 7.05 Å². The van der Waals surface area contributed by atoms with Crippen LogP contribution in [0.1, 0.15) is 5.56 Å². The van der Waals surface area contributed by atoms with E-state index in [4.69, 9.17) is 0 Å². The third kappa shape index (κ3) is 2.78. The highest BCUT2D eigenvalue weighted by molar-refractivity contribution is 5.99. The molecule has 0 saturated heterocycles. The lowest BCUT2D eigenvalue weighted by molar-refractivity contribution is -0.685. The molecule has 0 spiro atoms. The topological polar surface area (TPSA) is 20.6 Å². The summed E-state index contributed by atoms with van der Waals surface area (Å²) in [6.45, 7) is 2.17. The molecule has 5 aromatic rings. The van der Waals surface area contributed by atoms with Crippen LogP contribution in [0.5, 0.6) is 0 Å². The number of para-hydroxylation sites is 1. The van der Waals surface area contributed by atoms with Gasteiger partial charge >= 0.3 is 0 Å². The van der Waals surface area contributed by atoms with Gasteiger partial charge in [-0.1, -0.05) is 48.5 Å². The molecular formula is C26H23N3+2. The molecule has 0 amide bonds. The number of rotatable bonds is 2. The lowest BCUT2D eigenvalue weighted by Crippen LogP contribution is -2.40. The van der Waals surface area contributed by atoms with Crippen LogP contribution in [0, 0.1) is 6.92 Å². The zero-order valence-corrected chi connectivity index (χ0v) is 16.9. The number of hydrogen-bond donors (Lipinski definition) is 0. The summed E-state index contributed by atoms with van der Waals surface area (Å²) in [6, 6.07) is 27.9. The van der Waals surface area contributed by atoms with Gasteiger partial charge in [-0.3, -0.25) is 0 Å². The fourth-order valence-electron chi connectivity index (χ4n) is 4.27. The lowest BCUT2D eigenvalue weighted by Gasteiger charge is -2.12. The maximum absolute atomic E-state index is 4.63. The Morgan fingerprint density at radius 3 is 2.24 bits per heavy atom. The van der Waals surface area contributed by atoms with E-state index in [0.717, 1.165) is 10.9 Å². The van der Waals surface area contributed by atoms with Crippen molar-refractivity contribution in [3.63, 3.8) is 0 Å². The highest BCUT2D eigenvalue weighted by atomic mass is 15.0. The van der Waals surface area contributed by atoms with Crippen molar-refractivity contribution in [2.75, 3.05) is 0 Å². The first kappa shape index (κ1) is 17.5. The molecule has 0 aliphatic rings. The molecule has 5 rings (SSSR count). The maximum Gasteiger partial charge on any atom is 0.287 e. The van der Waals surface area contributed by atoms with Gasteiger partial charge in [0.2, 0.25) is 11.4 Å². The second-order valence-corrected chi connectivity index (χ2v) is 7.56. The van der Waals surface area contributed by atoms with Crippen LogP contribution in [-0.2, 0) is 14.1 Å². The summed E-state index contributed by atoms with van der Waals surface area (Å²) in [5, 5.41) is 3.62. The standard InChI is InChI=1S/C26H23N3/c1-18-10-4-6-12-20(18)24-16-19-11-5-7-13-21(19)26(29(24)3)25-22-14-8-9-15-23(22)27-17-28(25)2/h4-17H,1-3H3/q+2. The Kier molecular flexibility index (Phi) is 4.09. The third-order valence-electron chi connectivity index (χ3n) is 5.73. The predicted molar refractivity (Wildman–Crippen MR) is 117 cm³/mol. The van der Waals surface area contributed by atoms with Crippen molar-refractivity contribution in [3.8, 4) is 22.6 Å². The Bertz CT molecular complexity index is 1390. The van der Waals surface area contributed by atoms with E-state index >= 15 is 0 Å². The Hall–Kier alpha value is -3.59. The van der Waals surface area contributed by atoms with Gasteiger partial charge in [-0.15, -0.1) is 0 Å². The lowest BCUT2D eigenvalue weighted by atomic mass is 9.98. The van der Waals surface area contributed by atoms with E-state index in [1.54, 1.807) is 0 Å². The van der Waals surface area contributed by atoms with Crippen LogP contribution in [0.4, 0.5) is 0 Å². The van der Waals surface area contributed by atoms with Gasteiger partial charge in [-0.05, 0) is 47.1 Å². The van der Waals surface area contributed by atoms with E-state index < -0.39 is 0 Å². The maximum atomic E-state index is 4.63. The molecule has 3 heteroatoms. The Labute approximate surface area is 170 Å². The SMILES string of the molecule is Cc1ccccc1-c1cc2ccccc2c(-c2c3ccccc3nc[n+]2C)[n+]1C. The Morgan fingerprint density at radius 2 is 1.41 bits per heavy atom. The molecule has 2 aromatic heterocycles. The summed E-state index contributed by atoms with van der Waals surface area (Å²) < 4.78 is 4.46. The van der Waals surface area contributed by atoms with Crippen molar-refractivity contribution in [3.05, 3.63) is 90.8 Å². The van der Waals surface area contributed by atoms with Gasteiger partial charge in [0.15, 0.2) is 5.52 Å². The number of aromatic nitrogens is 3. The van der Waals surface area contributed by atoms with Crippen LogP contribution >= 0.6 is 0 Å². The third-order valence-corrected chi connectivity index (χ3v) is 5.73. The highest BCUT2D eigenvalue weighted by Crippen LogP contribution is 2.31. The van der Waals surface area contributed by atoms with Crippen LogP contribution in [0.2, 0.25) is 0 Å². The van der Waals surface area contributed by atoms with Crippen molar-refractivity contribution in [1.29, 1.82) is 0 Å². The van der Waals surface area contributed by atoms with Gasteiger partial charge in [-0.2, -0.15) is 4.57 Å². The summed E-state index contributed by atoms with van der Waals surface area (Å²) in [7, 11) is 4.24. The van der Waals surface area contributed by atoms with Crippen molar-refractivity contribution < 1.29 is 9.13 Å². The molecule has 0 unspecified atom stereocenters. The fourth-order valence-corrected chi connectivity index (χ4v) is 4.27. The van der Waals surface area contributed by atoms with Crippen LogP contribution in [0.15, 0.2) is 85.2 Å². The van der Waals surface area contributed by atoms with Gasteiger partial charge in [0.25, 0.3) is 12.0 Å². The molecule has 0 atom stereocenters. The molecule has 0 radical (unpaired) electrons. The smallest absolute Gasteiger partial charge is 0.227 e. The molecule has 3 nitrogen and oxygen atoms in total. The van der Waals surface area contributed by atoms with E-state index in [1.807, 2.05) is 12.4 Å². The van der Waals surface area contributed by atoms with E-state index in [-0.39, 0.29) is 0 Å². The van der Waals surface area contributed by atoms with Crippen molar-refractivity contribution >= 4 is 21.7 Å². The summed E-state index contributed by atoms with van der Waals surface area (Å²) in [5.41, 5.74) is 7.10. The molecule has 140 valence electrons. The minimum Gasteiger partial charge on any atom is -0.227 e. The Balaban J connectivity index is 1.97. The molecule has 0 N–H and O–H groups in total. The summed E-state index contributed by atoms with van der Waals surface area (Å²) in [6.07, 6.45) is 1.91. The molecule has 0 saturated carbocycles. The largest absolute Gasteiger partial charge is 0.287 e. The molecule has 0 bridgehead atoms. The quantitative estimate of drug-likeness (QED) is 0.409. The highest BCUT2D eigenvalue weighted by Gasteiger charge is 2.28. The van der Waals surface area contributed by atoms with Crippen LogP contribution in [0.3, 0.4) is 0 Å². The number of hydrogen-bond acceptors (Lipinski definition) is 1. The second kappa shape index (κ2) is 6.78. The van der Waals surface area contributed by atoms with Crippen molar-refractivity contribution in [1.82, 2.24) is 4.98 Å². The predicted octanol–water partition coefficient (Wildman–Crippen LogP) is 4.68. The van der Waals surface area contributed by atoms with E-state index in [9.17, 15) is 0 Å². The monoisotopic (exact) mass is 377 g/mol. The number of pyridine rings is 1. The minimum absolute atomic E-state index is 1.01. The fraction of sp³-hybridized carbons (Fsp3) is 0.115. The number of nitrogens with zero attached hydrogens (tertiary/aromatic N) is 3. The van der Waals surface area contributed by atoms with Crippen LogP contribution in [0.25, 0.3) is 44.3 Å². The molecule has 0 fully saturated rings. The minimum atomic E-state index is 1.01. The first-order valence-electron chi connectivity index (χ1n) is 9.86. The van der Waals surface area contributed by atoms with Crippen LogP contribution in [-0.4, -0.2) is 4.98 Å². The average Bonchev–Trinajstić information content (AvgIpc) is 2.75. The van der Waals surface area contributed by atoms with Crippen LogP contribution < -0.4 is 9.13 Å². The first-order valence-corrected chi connectivity index (χ1v) is 9.86. The molecule has 0 aliphatic heterocycles. The van der Waals surface area contributed by atoms with E-state index in [1.165, 1.54) is 39.0 Å². The van der Waals surface area contributed by atoms with Gasteiger partial charge < -0.3 is 0 Å². The van der Waals surface area contributed by atoms with E-state index in [0.29, 0.717) is 0 Å². The summed E-state index contributed by atoms with van der Waals surface area (Å²) in [4.78, 5) is 4.63. The zero-order chi connectivity index (χ0) is 20.0. The first-order chi connectivity index (χ1) is 14.1. The number of benzene rings is 3. The number of aryl methyl sites for hydroxylation is 2. The number of fused-ring (bicyclic) bond motifs is 2. The van der Waals surface area contributed by atoms with E-state index in [2.05, 4.69) is 108 Å². The molecule has 0 aliphatic carbocycles. The summed E-state index contributed by atoms with van der Waals surface area (Å²) >= 11 is 0. The molecule has 29 heavy (non-hydrogen) atoms. The summed E-state index contributed by atoms with van der Waals surface area (Å²) in [5.74, 6) is 0. The van der Waals surface area contributed by atoms with Gasteiger partial charge in [-0.25, -0.2) is 4.57 Å². The van der Waals surface area contributed by atoms with Crippen molar-refractivity contribution in [2.45, 2.75) is 6.92 Å². The Morgan fingerprint density at radius 1 is 0.724 bits per heavy atom. The normalized spacial score (nSPS) is 11.3. The van der Waals surface area contributed by atoms with Gasteiger partial charge in [0.05, 0.1) is 17.8 Å². The zero-order valence-electron chi connectivity index (χ0n) is 16.9. The molecule has 2 heterocycles. The molecular weight excluding hydrogens is 354 g/mol. The second-order valence-electron chi connectivity index (χ2n) is 7.56.